The highest BCUT2D eigenvalue weighted by Gasteiger charge is 2.32. The number of carbonyl (C=O) groups is 5. The van der Waals surface area contributed by atoms with Gasteiger partial charge in [-0.05, 0) is 23.6 Å². The topological polar surface area (TPSA) is 204 Å². The van der Waals surface area contributed by atoms with Crippen LogP contribution in [-0.2, 0) is 36.8 Å². The molecule has 0 aliphatic carbocycles. The van der Waals surface area contributed by atoms with Crippen LogP contribution in [0.25, 0.3) is 10.9 Å². The van der Waals surface area contributed by atoms with Gasteiger partial charge >= 0.3 is 11.9 Å². The Hall–Kier alpha value is -4.36. The summed E-state index contributed by atoms with van der Waals surface area (Å²) in [6, 6.07) is 10.9. The van der Waals surface area contributed by atoms with Crippen LogP contribution in [0.1, 0.15) is 17.5 Å². The van der Waals surface area contributed by atoms with Crippen LogP contribution >= 0.6 is 12.6 Å². The molecule has 3 amide bonds. The molecular formula is C27H31N5O7S. The average molecular weight is 570 g/mol. The van der Waals surface area contributed by atoms with Gasteiger partial charge in [0.1, 0.15) is 18.1 Å². The zero-order valence-electron chi connectivity index (χ0n) is 21.4. The molecule has 0 fully saturated rings. The molecule has 212 valence electrons. The number of H-pyrrole nitrogens is 1. The number of aliphatic carboxylic acids is 2. The first kappa shape index (κ1) is 30.2. The number of nitrogens with two attached hydrogens (primary N) is 1. The quantitative estimate of drug-likeness (QED) is 0.126. The molecule has 4 unspecified atom stereocenters. The van der Waals surface area contributed by atoms with Gasteiger partial charge in [0.05, 0.1) is 12.5 Å². The molecule has 12 nitrogen and oxygen atoms in total. The molecule has 2 aromatic carbocycles. The standard InChI is InChI=1S/C27H31N5O7S/c28-18(10-15-6-2-1-3-7-15)24(35)30-21(12-23(33)34)26(37)31-20(25(36)32-22(14-40)27(38)39)11-16-13-29-19-9-5-4-8-17(16)19/h1-9,13,18,20-22,29,40H,10-12,14,28H2,(H,30,35)(H,31,37)(H,32,36)(H,33,34)(H,38,39). The molecule has 8 N–H and O–H groups in total. The lowest BCUT2D eigenvalue weighted by molar-refractivity contribution is -0.142. The van der Waals surface area contributed by atoms with Gasteiger partial charge in [0.2, 0.25) is 17.7 Å². The van der Waals surface area contributed by atoms with Crippen molar-refractivity contribution in [2.45, 2.75) is 43.4 Å². The van der Waals surface area contributed by atoms with Crippen LogP contribution in [0, 0.1) is 0 Å². The van der Waals surface area contributed by atoms with Gasteiger partial charge in [-0.2, -0.15) is 12.6 Å². The summed E-state index contributed by atoms with van der Waals surface area (Å²) in [7, 11) is 0. The van der Waals surface area contributed by atoms with E-state index in [0.717, 1.165) is 16.5 Å². The van der Waals surface area contributed by atoms with Gasteiger partial charge in [-0.25, -0.2) is 4.79 Å². The monoisotopic (exact) mass is 569 g/mol. The minimum atomic E-state index is -1.55. The van der Waals surface area contributed by atoms with Crippen molar-refractivity contribution in [3.8, 4) is 0 Å². The second-order valence-corrected chi connectivity index (χ2v) is 9.53. The van der Waals surface area contributed by atoms with Crippen molar-refractivity contribution in [2.24, 2.45) is 5.73 Å². The van der Waals surface area contributed by atoms with Crippen molar-refractivity contribution in [3.05, 3.63) is 71.9 Å². The van der Waals surface area contributed by atoms with E-state index in [1.165, 1.54) is 0 Å². The number of carboxylic acid groups (broad SMARTS) is 2. The predicted octanol–water partition coefficient (Wildman–Crippen LogP) is 0.224. The number of thiol groups is 1. The van der Waals surface area contributed by atoms with E-state index >= 15 is 0 Å². The lowest BCUT2D eigenvalue weighted by atomic mass is 10.0. The van der Waals surface area contributed by atoms with E-state index in [-0.39, 0.29) is 18.6 Å². The van der Waals surface area contributed by atoms with Gasteiger partial charge in [0.25, 0.3) is 0 Å². The van der Waals surface area contributed by atoms with E-state index in [2.05, 4.69) is 33.6 Å². The third-order valence-corrected chi connectivity index (χ3v) is 6.54. The van der Waals surface area contributed by atoms with Gasteiger partial charge in [-0.1, -0.05) is 48.5 Å². The maximum Gasteiger partial charge on any atom is 0.327 e. The summed E-state index contributed by atoms with van der Waals surface area (Å²) < 4.78 is 0. The highest BCUT2D eigenvalue weighted by Crippen LogP contribution is 2.19. The van der Waals surface area contributed by atoms with Gasteiger partial charge < -0.3 is 36.9 Å². The zero-order valence-corrected chi connectivity index (χ0v) is 22.3. The van der Waals surface area contributed by atoms with Crippen molar-refractivity contribution < 1.29 is 34.2 Å². The number of benzene rings is 2. The normalized spacial score (nSPS) is 13.9. The van der Waals surface area contributed by atoms with E-state index in [1.807, 2.05) is 18.2 Å². The van der Waals surface area contributed by atoms with Crippen LogP contribution in [0.4, 0.5) is 0 Å². The number of hydrogen-bond acceptors (Lipinski definition) is 7. The van der Waals surface area contributed by atoms with Gasteiger partial charge in [-0.3, -0.25) is 19.2 Å². The first-order chi connectivity index (χ1) is 19.1. The first-order valence-electron chi connectivity index (χ1n) is 12.4. The van der Waals surface area contributed by atoms with Gasteiger partial charge in [-0.15, -0.1) is 0 Å². The molecule has 0 bridgehead atoms. The molecule has 1 heterocycles. The summed E-state index contributed by atoms with van der Waals surface area (Å²) in [4.78, 5) is 65.2. The summed E-state index contributed by atoms with van der Waals surface area (Å²) in [6.07, 6.45) is 0.983. The largest absolute Gasteiger partial charge is 0.481 e. The SMILES string of the molecule is NC(Cc1ccccc1)C(=O)NC(CC(=O)O)C(=O)NC(Cc1c[nH]c2ccccc12)C(=O)NC(CS)C(=O)O. The summed E-state index contributed by atoms with van der Waals surface area (Å²) in [5, 5.41) is 26.7. The Morgan fingerprint density at radius 2 is 1.40 bits per heavy atom. The molecule has 0 saturated heterocycles. The van der Waals surface area contributed by atoms with Crippen LogP contribution in [0.5, 0.6) is 0 Å². The highest BCUT2D eigenvalue weighted by atomic mass is 32.1. The smallest absolute Gasteiger partial charge is 0.327 e. The summed E-state index contributed by atoms with van der Waals surface area (Å²) in [6.45, 7) is 0. The van der Waals surface area contributed by atoms with Crippen molar-refractivity contribution in [1.29, 1.82) is 0 Å². The van der Waals surface area contributed by atoms with Gasteiger partial charge in [0, 0.05) is 29.3 Å². The van der Waals surface area contributed by atoms with Crippen molar-refractivity contribution >= 4 is 53.2 Å². The minimum absolute atomic E-state index is 0.0538. The van der Waals surface area contributed by atoms with Crippen LogP contribution < -0.4 is 21.7 Å². The van der Waals surface area contributed by atoms with E-state index in [9.17, 15) is 34.2 Å². The molecule has 0 spiro atoms. The summed E-state index contributed by atoms with van der Waals surface area (Å²) >= 11 is 3.96. The third-order valence-electron chi connectivity index (χ3n) is 6.18. The van der Waals surface area contributed by atoms with Crippen molar-refractivity contribution in [2.75, 3.05) is 5.75 Å². The number of para-hydroxylation sites is 1. The Bertz CT molecular complexity index is 1360. The lowest BCUT2D eigenvalue weighted by Gasteiger charge is -2.24. The average Bonchev–Trinajstić information content (AvgIpc) is 3.33. The maximum absolute atomic E-state index is 13.2. The van der Waals surface area contributed by atoms with Crippen LogP contribution in [-0.4, -0.2) is 74.8 Å². The molecule has 3 aromatic rings. The number of hydrogen-bond donors (Lipinski definition) is 8. The predicted molar refractivity (Wildman–Crippen MR) is 150 cm³/mol. The highest BCUT2D eigenvalue weighted by molar-refractivity contribution is 7.80. The Morgan fingerprint density at radius 3 is 2.05 bits per heavy atom. The summed E-state index contributed by atoms with van der Waals surface area (Å²) in [5.41, 5.74) is 8.21. The molecular weight excluding hydrogens is 538 g/mol. The number of nitrogens with one attached hydrogen (secondary N) is 4. The Labute approximate surface area is 235 Å². The van der Waals surface area contributed by atoms with Crippen LogP contribution in [0.15, 0.2) is 60.8 Å². The molecule has 0 aliphatic heterocycles. The third kappa shape index (κ3) is 8.32. The fraction of sp³-hybridized carbons (Fsp3) is 0.296. The molecule has 40 heavy (non-hydrogen) atoms. The minimum Gasteiger partial charge on any atom is -0.481 e. The number of carbonyl (C=O) groups excluding carboxylic acids is 3. The Kier molecular flexibility index (Phi) is 10.7. The number of amides is 3. The molecule has 0 saturated carbocycles. The zero-order chi connectivity index (χ0) is 29.2. The number of aromatic nitrogens is 1. The number of fused-ring (bicyclic) bond motifs is 1. The van der Waals surface area contributed by atoms with Gasteiger partial charge in [0.15, 0.2) is 0 Å². The van der Waals surface area contributed by atoms with Crippen LogP contribution in [0.3, 0.4) is 0 Å². The number of aromatic amines is 1. The fourth-order valence-electron chi connectivity index (χ4n) is 4.08. The molecule has 1 aromatic heterocycles. The molecule has 0 aliphatic rings. The van der Waals surface area contributed by atoms with E-state index in [1.54, 1.807) is 42.6 Å². The van der Waals surface area contributed by atoms with Crippen LogP contribution in [0.2, 0.25) is 0 Å². The molecule has 13 heteroatoms. The first-order valence-corrected chi connectivity index (χ1v) is 13.0. The fourth-order valence-corrected chi connectivity index (χ4v) is 4.33. The second-order valence-electron chi connectivity index (χ2n) is 9.16. The van der Waals surface area contributed by atoms with E-state index in [0.29, 0.717) is 5.56 Å². The van der Waals surface area contributed by atoms with E-state index in [4.69, 9.17) is 5.73 Å². The Balaban J connectivity index is 1.80. The summed E-state index contributed by atoms with van der Waals surface area (Å²) in [5.74, 6) is -5.39. The number of rotatable bonds is 14. The van der Waals surface area contributed by atoms with Crippen molar-refractivity contribution in [3.63, 3.8) is 0 Å². The second kappa shape index (κ2) is 14.1. The molecule has 0 radical (unpaired) electrons. The van der Waals surface area contributed by atoms with E-state index < -0.39 is 60.2 Å². The Morgan fingerprint density at radius 1 is 0.800 bits per heavy atom. The maximum atomic E-state index is 13.2. The van der Waals surface area contributed by atoms with Crippen molar-refractivity contribution in [1.82, 2.24) is 20.9 Å². The molecule has 3 rings (SSSR count). The molecule has 4 atom stereocenters. The number of carboxylic acids is 2. The lowest BCUT2D eigenvalue weighted by Crippen LogP contribution is -2.58.